The summed E-state index contributed by atoms with van der Waals surface area (Å²) in [6, 6.07) is 0. The minimum absolute atomic E-state index is 0. The monoisotopic (exact) mass is 244 g/mol. The van der Waals surface area contributed by atoms with Gasteiger partial charge in [0.2, 0.25) is 0 Å². The minimum atomic E-state index is -4.29. The molecule has 6 nitrogen and oxygen atoms in total. The van der Waals surface area contributed by atoms with Gasteiger partial charge in [0.25, 0.3) is 0 Å². The predicted octanol–water partition coefficient (Wildman–Crippen LogP) is -5.87. The maximum atomic E-state index is 10.9. The topological polar surface area (TPSA) is 98.7 Å². The molecule has 0 bridgehead atoms. The van der Waals surface area contributed by atoms with Gasteiger partial charge in [0, 0.05) is 0 Å². The second-order valence-corrected chi connectivity index (χ2v) is 6.29. The van der Waals surface area contributed by atoms with Crippen LogP contribution in [0.3, 0.4) is 0 Å². The molecular formula is C5H12Li2O6P2. The molecule has 15 heavy (non-hydrogen) atoms. The van der Waals surface area contributed by atoms with Crippen molar-refractivity contribution in [2.75, 3.05) is 19.1 Å². The van der Waals surface area contributed by atoms with Crippen molar-refractivity contribution >= 4 is 15.2 Å². The summed E-state index contributed by atoms with van der Waals surface area (Å²) in [4.78, 5) is 21.7. The Labute approximate surface area is 114 Å². The fourth-order valence-corrected chi connectivity index (χ4v) is 3.82. The van der Waals surface area contributed by atoms with Crippen LogP contribution in [0.25, 0.3) is 0 Å². The molecule has 0 aromatic rings. The Kier molecular flexibility index (Phi) is 13.8. The molecule has 0 aliphatic heterocycles. The molecule has 0 fully saturated rings. The van der Waals surface area contributed by atoms with Crippen molar-refractivity contribution in [3.63, 3.8) is 0 Å². The van der Waals surface area contributed by atoms with Crippen molar-refractivity contribution < 1.29 is 65.7 Å². The van der Waals surface area contributed by atoms with Gasteiger partial charge < -0.3 is 28.0 Å². The van der Waals surface area contributed by atoms with E-state index in [1.54, 1.807) is 0 Å². The molecule has 0 N–H and O–H groups in total. The second-order valence-electron chi connectivity index (χ2n) is 2.20. The number of rotatable bonds is 6. The molecule has 0 aliphatic rings. The van der Waals surface area contributed by atoms with Gasteiger partial charge in [-0.1, -0.05) is 0 Å². The molecular weight excluding hydrogens is 232 g/mol. The second kappa shape index (κ2) is 9.52. The molecule has 10 heteroatoms. The van der Waals surface area contributed by atoms with E-state index in [-0.39, 0.29) is 50.9 Å². The van der Waals surface area contributed by atoms with Crippen molar-refractivity contribution in [2.24, 2.45) is 0 Å². The predicted molar refractivity (Wildman–Crippen MR) is 43.3 cm³/mol. The third kappa shape index (κ3) is 11.8. The van der Waals surface area contributed by atoms with Crippen molar-refractivity contribution in [1.29, 1.82) is 0 Å². The van der Waals surface area contributed by atoms with Gasteiger partial charge in [0.05, 0.1) is 19.1 Å². The van der Waals surface area contributed by atoms with Crippen LogP contribution >= 0.6 is 15.2 Å². The fourth-order valence-electron chi connectivity index (χ4n) is 0.687. The van der Waals surface area contributed by atoms with Gasteiger partial charge in [-0.3, -0.25) is 0 Å². The maximum Gasteiger partial charge on any atom is 1.00 e. The van der Waals surface area contributed by atoms with Crippen LogP contribution in [0, 0.1) is 0 Å². The van der Waals surface area contributed by atoms with Crippen molar-refractivity contribution in [2.45, 2.75) is 13.8 Å². The molecule has 0 heterocycles. The fraction of sp³-hybridized carbons (Fsp3) is 1.00. The van der Waals surface area contributed by atoms with Crippen LogP contribution < -0.4 is 47.5 Å². The molecule has 0 amide bonds. The van der Waals surface area contributed by atoms with Crippen LogP contribution in [0.1, 0.15) is 13.8 Å². The van der Waals surface area contributed by atoms with E-state index in [0.717, 1.165) is 0 Å². The van der Waals surface area contributed by atoms with E-state index in [1.807, 2.05) is 0 Å². The van der Waals surface area contributed by atoms with E-state index in [2.05, 4.69) is 9.05 Å². The summed E-state index contributed by atoms with van der Waals surface area (Å²) in [7, 11) is -8.59. The summed E-state index contributed by atoms with van der Waals surface area (Å²) in [5.74, 6) is -1.08. The largest absolute Gasteiger partial charge is 1.00 e. The van der Waals surface area contributed by atoms with Crippen LogP contribution in [0.5, 0.6) is 0 Å². The van der Waals surface area contributed by atoms with Gasteiger partial charge in [-0.25, -0.2) is 0 Å². The Bertz CT molecular complexity index is 224. The van der Waals surface area contributed by atoms with Gasteiger partial charge in [0.1, 0.15) is 15.2 Å². The summed E-state index contributed by atoms with van der Waals surface area (Å²) in [5.41, 5.74) is 0. The average Bonchev–Trinajstić information content (AvgIpc) is 1.82. The average molecular weight is 244 g/mol. The van der Waals surface area contributed by atoms with E-state index >= 15 is 0 Å². The third-order valence-electron chi connectivity index (χ3n) is 0.998. The van der Waals surface area contributed by atoms with Crippen LogP contribution in [-0.4, -0.2) is 19.1 Å². The summed E-state index contributed by atoms with van der Waals surface area (Å²) >= 11 is 0. The zero-order valence-corrected chi connectivity index (χ0v) is 11.3. The zero-order chi connectivity index (χ0) is 10.5. The Balaban J connectivity index is -0.000000720. The van der Waals surface area contributed by atoms with Crippen molar-refractivity contribution in [3.8, 4) is 0 Å². The molecule has 0 saturated carbocycles. The minimum Gasteiger partial charge on any atom is -0.778 e. The maximum absolute atomic E-state index is 10.9. The quantitative estimate of drug-likeness (QED) is 0.341. The van der Waals surface area contributed by atoms with Crippen LogP contribution in [0.15, 0.2) is 0 Å². The molecule has 0 spiro atoms. The molecule has 0 rings (SSSR count). The van der Waals surface area contributed by atoms with Crippen molar-refractivity contribution in [3.05, 3.63) is 0 Å². The summed E-state index contributed by atoms with van der Waals surface area (Å²) in [5, 5.41) is 0. The first kappa shape index (κ1) is 21.7. The van der Waals surface area contributed by atoms with Gasteiger partial charge in [-0.05, 0) is 13.8 Å². The Morgan fingerprint density at radius 3 is 1.40 bits per heavy atom. The summed E-state index contributed by atoms with van der Waals surface area (Å²) < 4.78 is 30.3. The van der Waals surface area contributed by atoms with E-state index < -0.39 is 21.1 Å². The normalized spacial score (nSPS) is 17.9. The Morgan fingerprint density at radius 1 is 0.933 bits per heavy atom. The third-order valence-corrected chi connectivity index (χ3v) is 5.07. The van der Waals surface area contributed by atoms with E-state index in [9.17, 15) is 18.9 Å². The zero-order valence-electron chi connectivity index (χ0n) is 9.47. The Morgan fingerprint density at radius 2 is 1.20 bits per heavy atom. The number of hydrogen-bond acceptors (Lipinski definition) is 6. The summed E-state index contributed by atoms with van der Waals surface area (Å²) in [6.07, 6.45) is 0. The van der Waals surface area contributed by atoms with Gasteiger partial charge in [-0.2, -0.15) is 0 Å². The first-order chi connectivity index (χ1) is 5.83. The summed E-state index contributed by atoms with van der Waals surface area (Å²) in [6.45, 7) is 2.77. The standard InChI is InChI=1S/C5H14O6P2.2Li/c1-3-10-12(6,7)5-13(8,9)11-4-2;;/h3-5H2,1-2H3,(H,6,7)(H,8,9);;/q;2*+1/p-2. The molecule has 0 radical (unpaired) electrons. The SMILES string of the molecule is CCOP(=O)([O-])CP(=O)([O-])OCC.[Li+].[Li+]. The molecule has 0 aliphatic carbocycles. The van der Waals surface area contributed by atoms with E-state index in [1.165, 1.54) is 13.8 Å². The molecule has 80 valence electrons. The van der Waals surface area contributed by atoms with Gasteiger partial charge in [0.15, 0.2) is 0 Å². The molecule has 0 aromatic heterocycles. The molecule has 2 atom stereocenters. The van der Waals surface area contributed by atoms with E-state index in [4.69, 9.17) is 0 Å². The molecule has 0 saturated heterocycles. The van der Waals surface area contributed by atoms with E-state index in [0.29, 0.717) is 0 Å². The van der Waals surface area contributed by atoms with Crippen LogP contribution in [-0.2, 0) is 18.2 Å². The van der Waals surface area contributed by atoms with Gasteiger partial charge in [-0.15, -0.1) is 0 Å². The first-order valence-corrected chi connectivity index (χ1v) is 7.18. The van der Waals surface area contributed by atoms with Crippen LogP contribution in [0.2, 0.25) is 0 Å². The Hall–Kier alpha value is 1.49. The number of hydrogen-bond donors (Lipinski definition) is 0. The molecule has 0 aromatic carbocycles. The molecule has 2 unspecified atom stereocenters. The van der Waals surface area contributed by atoms with Gasteiger partial charge >= 0.3 is 37.7 Å². The van der Waals surface area contributed by atoms with Crippen LogP contribution in [0.4, 0.5) is 0 Å². The van der Waals surface area contributed by atoms with Crippen molar-refractivity contribution in [1.82, 2.24) is 0 Å². The first-order valence-electron chi connectivity index (χ1n) is 3.72. The smallest absolute Gasteiger partial charge is 0.778 e.